The standard InChI is InChI=1S/C18H20N2O5/c1-23-15-8-3-4-9-16(15)25-11-10-19-18(22)20-14-7-5-6-13(12-14)17(21)24-2/h3-9,12H,10-11H2,1-2H3,(H2,19,20,22). The van der Waals surface area contributed by atoms with E-state index in [1.165, 1.54) is 13.2 Å². The van der Waals surface area contributed by atoms with E-state index < -0.39 is 12.0 Å². The van der Waals surface area contributed by atoms with Gasteiger partial charge in [-0.2, -0.15) is 0 Å². The summed E-state index contributed by atoms with van der Waals surface area (Å²) in [4.78, 5) is 23.4. The van der Waals surface area contributed by atoms with E-state index in [4.69, 9.17) is 9.47 Å². The molecule has 0 bridgehead atoms. The van der Waals surface area contributed by atoms with Crippen molar-refractivity contribution in [2.75, 3.05) is 32.7 Å². The van der Waals surface area contributed by atoms with E-state index in [0.29, 0.717) is 29.3 Å². The van der Waals surface area contributed by atoms with Gasteiger partial charge in [-0.05, 0) is 30.3 Å². The Labute approximate surface area is 145 Å². The van der Waals surface area contributed by atoms with Crippen molar-refractivity contribution in [1.29, 1.82) is 0 Å². The first-order chi connectivity index (χ1) is 12.1. The Morgan fingerprint density at radius 3 is 2.48 bits per heavy atom. The molecule has 0 radical (unpaired) electrons. The lowest BCUT2D eigenvalue weighted by atomic mass is 10.2. The molecular formula is C18H20N2O5. The highest BCUT2D eigenvalue weighted by molar-refractivity contribution is 5.93. The Bertz CT molecular complexity index is 733. The van der Waals surface area contributed by atoms with Crippen molar-refractivity contribution in [2.24, 2.45) is 0 Å². The summed E-state index contributed by atoms with van der Waals surface area (Å²) in [5, 5.41) is 5.31. The molecule has 0 fully saturated rings. The van der Waals surface area contributed by atoms with Gasteiger partial charge in [-0.3, -0.25) is 0 Å². The van der Waals surface area contributed by atoms with Gasteiger partial charge >= 0.3 is 12.0 Å². The topological polar surface area (TPSA) is 85.9 Å². The van der Waals surface area contributed by atoms with Crippen molar-refractivity contribution in [2.45, 2.75) is 0 Å². The number of anilines is 1. The third-order valence-electron chi connectivity index (χ3n) is 3.26. The van der Waals surface area contributed by atoms with Crippen molar-refractivity contribution >= 4 is 17.7 Å². The van der Waals surface area contributed by atoms with Gasteiger partial charge in [-0.1, -0.05) is 18.2 Å². The Balaban J connectivity index is 1.78. The van der Waals surface area contributed by atoms with E-state index in [9.17, 15) is 9.59 Å². The van der Waals surface area contributed by atoms with Crippen LogP contribution in [0.25, 0.3) is 0 Å². The second-order valence-corrected chi connectivity index (χ2v) is 4.95. The van der Waals surface area contributed by atoms with Gasteiger partial charge in [0, 0.05) is 5.69 Å². The lowest BCUT2D eigenvalue weighted by molar-refractivity contribution is 0.0600. The molecule has 0 atom stereocenters. The molecule has 0 unspecified atom stereocenters. The number of amides is 2. The van der Waals surface area contributed by atoms with E-state index in [-0.39, 0.29) is 6.61 Å². The number of methoxy groups -OCH3 is 2. The molecule has 0 aliphatic rings. The summed E-state index contributed by atoms with van der Waals surface area (Å²) in [6, 6.07) is 13.4. The number of carbonyl (C=O) groups is 2. The number of urea groups is 1. The minimum absolute atomic E-state index is 0.288. The summed E-state index contributed by atoms with van der Waals surface area (Å²) < 4.78 is 15.4. The van der Waals surface area contributed by atoms with Gasteiger partial charge in [-0.15, -0.1) is 0 Å². The number of hydrogen-bond donors (Lipinski definition) is 2. The van der Waals surface area contributed by atoms with Crippen molar-refractivity contribution < 1.29 is 23.8 Å². The van der Waals surface area contributed by atoms with Crippen LogP contribution >= 0.6 is 0 Å². The zero-order valence-corrected chi connectivity index (χ0v) is 14.1. The maximum Gasteiger partial charge on any atom is 0.337 e. The summed E-state index contributed by atoms with van der Waals surface area (Å²) in [5.41, 5.74) is 0.853. The first-order valence-electron chi connectivity index (χ1n) is 7.63. The number of benzene rings is 2. The van der Waals surface area contributed by atoms with Crippen LogP contribution in [-0.4, -0.2) is 39.4 Å². The number of esters is 1. The van der Waals surface area contributed by atoms with Crippen molar-refractivity contribution in [3.63, 3.8) is 0 Å². The SMILES string of the molecule is COC(=O)c1cccc(NC(=O)NCCOc2ccccc2OC)c1. The van der Waals surface area contributed by atoms with Crippen LogP contribution in [-0.2, 0) is 4.74 Å². The van der Waals surface area contributed by atoms with Crippen LogP contribution in [0.4, 0.5) is 10.5 Å². The van der Waals surface area contributed by atoms with Gasteiger partial charge in [-0.25, -0.2) is 9.59 Å². The summed E-state index contributed by atoms with van der Waals surface area (Å²) in [5.74, 6) is 0.777. The molecule has 2 aromatic rings. The van der Waals surface area contributed by atoms with Crippen LogP contribution < -0.4 is 20.1 Å². The lowest BCUT2D eigenvalue weighted by Gasteiger charge is -2.11. The molecule has 2 amide bonds. The highest BCUT2D eigenvalue weighted by Gasteiger charge is 2.08. The smallest absolute Gasteiger partial charge is 0.337 e. The maximum atomic E-state index is 11.9. The zero-order valence-electron chi connectivity index (χ0n) is 14.1. The van der Waals surface area contributed by atoms with Gasteiger partial charge in [0.25, 0.3) is 0 Å². The summed E-state index contributed by atoms with van der Waals surface area (Å²) in [6.45, 7) is 0.594. The van der Waals surface area contributed by atoms with Crippen molar-refractivity contribution in [3.8, 4) is 11.5 Å². The average Bonchev–Trinajstić information content (AvgIpc) is 2.65. The Morgan fingerprint density at radius 1 is 1.00 bits per heavy atom. The Morgan fingerprint density at radius 2 is 1.76 bits per heavy atom. The molecule has 2 N–H and O–H groups in total. The Kier molecular flexibility index (Phi) is 6.65. The van der Waals surface area contributed by atoms with E-state index in [0.717, 1.165) is 0 Å². The van der Waals surface area contributed by atoms with E-state index in [2.05, 4.69) is 15.4 Å². The molecule has 2 aromatic carbocycles. The van der Waals surface area contributed by atoms with E-state index in [1.54, 1.807) is 37.4 Å². The minimum atomic E-state index is -0.464. The number of nitrogens with one attached hydrogen (secondary N) is 2. The first kappa shape index (κ1) is 18.1. The van der Waals surface area contributed by atoms with Gasteiger partial charge in [0.1, 0.15) is 6.61 Å². The van der Waals surface area contributed by atoms with Crippen LogP contribution in [0.15, 0.2) is 48.5 Å². The van der Waals surface area contributed by atoms with Crippen molar-refractivity contribution in [3.05, 3.63) is 54.1 Å². The number of hydrogen-bond acceptors (Lipinski definition) is 5. The molecule has 132 valence electrons. The number of ether oxygens (including phenoxy) is 3. The number of para-hydroxylation sites is 2. The molecule has 0 aliphatic heterocycles. The molecular weight excluding hydrogens is 324 g/mol. The molecule has 7 nitrogen and oxygen atoms in total. The molecule has 0 spiro atoms. The number of carbonyl (C=O) groups excluding carboxylic acids is 2. The molecule has 25 heavy (non-hydrogen) atoms. The molecule has 7 heteroatoms. The summed E-state index contributed by atoms with van der Waals surface area (Å²) in [6.07, 6.45) is 0. The fourth-order valence-corrected chi connectivity index (χ4v) is 2.08. The second-order valence-electron chi connectivity index (χ2n) is 4.95. The molecule has 2 rings (SSSR count). The maximum absolute atomic E-state index is 11.9. The van der Waals surface area contributed by atoms with E-state index in [1.807, 2.05) is 12.1 Å². The summed E-state index contributed by atoms with van der Waals surface area (Å²) >= 11 is 0. The predicted molar refractivity (Wildman–Crippen MR) is 93.3 cm³/mol. The van der Waals surface area contributed by atoms with Crippen LogP contribution in [0.5, 0.6) is 11.5 Å². The molecule has 0 heterocycles. The van der Waals surface area contributed by atoms with Crippen molar-refractivity contribution in [1.82, 2.24) is 5.32 Å². The van der Waals surface area contributed by atoms with Gasteiger partial charge in [0.15, 0.2) is 11.5 Å². The van der Waals surface area contributed by atoms with Gasteiger partial charge in [0.05, 0.1) is 26.3 Å². The quantitative estimate of drug-likeness (QED) is 0.596. The highest BCUT2D eigenvalue weighted by atomic mass is 16.5. The normalized spacial score (nSPS) is 9.84. The van der Waals surface area contributed by atoms with Gasteiger partial charge in [0.2, 0.25) is 0 Å². The van der Waals surface area contributed by atoms with Crippen LogP contribution in [0.2, 0.25) is 0 Å². The Hall–Kier alpha value is -3.22. The molecule has 0 aromatic heterocycles. The van der Waals surface area contributed by atoms with Gasteiger partial charge < -0.3 is 24.8 Å². The second kappa shape index (κ2) is 9.17. The van der Waals surface area contributed by atoms with Crippen LogP contribution in [0.3, 0.4) is 0 Å². The average molecular weight is 344 g/mol. The predicted octanol–water partition coefficient (Wildman–Crippen LogP) is 2.68. The van der Waals surface area contributed by atoms with E-state index >= 15 is 0 Å². The monoisotopic (exact) mass is 344 g/mol. The molecule has 0 saturated carbocycles. The zero-order chi connectivity index (χ0) is 18.1. The van der Waals surface area contributed by atoms with Crippen LogP contribution in [0.1, 0.15) is 10.4 Å². The highest BCUT2D eigenvalue weighted by Crippen LogP contribution is 2.25. The minimum Gasteiger partial charge on any atom is -0.493 e. The molecule has 0 saturated heterocycles. The first-order valence-corrected chi connectivity index (χ1v) is 7.63. The number of rotatable bonds is 7. The fraction of sp³-hybridized carbons (Fsp3) is 0.222. The van der Waals surface area contributed by atoms with Crippen LogP contribution in [0, 0.1) is 0 Å². The molecule has 0 aliphatic carbocycles. The third-order valence-corrected chi connectivity index (χ3v) is 3.26. The fourth-order valence-electron chi connectivity index (χ4n) is 2.08. The summed E-state index contributed by atoms with van der Waals surface area (Å²) in [7, 11) is 2.87. The largest absolute Gasteiger partial charge is 0.493 e. The lowest BCUT2D eigenvalue weighted by Crippen LogP contribution is -2.32. The third kappa shape index (κ3) is 5.42.